The van der Waals surface area contributed by atoms with Gasteiger partial charge in [-0.05, 0) is 18.1 Å². The van der Waals surface area contributed by atoms with Crippen LogP contribution in [0.1, 0.15) is 18.2 Å². The van der Waals surface area contributed by atoms with Gasteiger partial charge in [0.1, 0.15) is 5.82 Å². The Bertz CT molecular complexity index is 690. The number of para-hydroxylation sites is 2. The molecule has 2 aromatic rings. The molecule has 1 unspecified atom stereocenters. The molecular weight excluding hydrogens is 304 g/mol. The van der Waals surface area contributed by atoms with Gasteiger partial charge in [-0.15, -0.1) is 0 Å². The van der Waals surface area contributed by atoms with E-state index in [1.807, 2.05) is 23.1 Å². The summed E-state index contributed by atoms with van der Waals surface area (Å²) in [5, 5.41) is 0. The number of carbonyl (C=O) groups excluding carboxylic acids is 1. The summed E-state index contributed by atoms with van der Waals surface area (Å²) in [5.41, 5.74) is 2.15. The third-order valence-corrected chi connectivity index (χ3v) is 5.13. The molecule has 2 aliphatic rings. The molecule has 6 nitrogen and oxygen atoms in total. The lowest BCUT2D eigenvalue weighted by atomic mass is 9.97. The number of benzene rings is 1. The summed E-state index contributed by atoms with van der Waals surface area (Å²) in [4.78, 5) is 24.5. The van der Waals surface area contributed by atoms with Gasteiger partial charge in [-0.1, -0.05) is 12.1 Å². The smallest absolute Gasteiger partial charge is 0.223 e. The molecule has 3 heterocycles. The maximum Gasteiger partial charge on any atom is 0.223 e. The molecule has 6 heteroatoms. The van der Waals surface area contributed by atoms with Crippen molar-refractivity contribution in [2.45, 2.75) is 12.3 Å². The van der Waals surface area contributed by atoms with Crippen LogP contribution in [0, 0.1) is 5.92 Å². The molecule has 0 radical (unpaired) electrons. The number of nitrogens with zero attached hydrogens (tertiary/aromatic N) is 3. The summed E-state index contributed by atoms with van der Waals surface area (Å²) >= 11 is 0. The number of aromatic amines is 1. The highest BCUT2D eigenvalue weighted by molar-refractivity contribution is 5.78. The summed E-state index contributed by atoms with van der Waals surface area (Å²) in [6, 6.07) is 8.17. The van der Waals surface area contributed by atoms with Crippen LogP contribution >= 0.6 is 0 Å². The molecule has 0 aliphatic carbocycles. The highest BCUT2D eigenvalue weighted by Crippen LogP contribution is 2.29. The number of hydrogen-bond acceptors (Lipinski definition) is 4. The largest absolute Gasteiger partial charge is 0.383 e. The second-order valence-corrected chi connectivity index (χ2v) is 6.96. The predicted octanol–water partition coefficient (Wildman–Crippen LogP) is 1.46. The monoisotopic (exact) mass is 328 g/mol. The Kier molecular flexibility index (Phi) is 4.24. The lowest BCUT2D eigenvalue weighted by Gasteiger charge is -2.39. The Morgan fingerprint density at radius 1 is 1.29 bits per heavy atom. The molecule has 2 aliphatic heterocycles. The highest BCUT2D eigenvalue weighted by atomic mass is 16.5. The summed E-state index contributed by atoms with van der Waals surface area (Å²) in [6.07, 6.45) is 0.676. The van der Waals surface area contributed by atoms with E-state index in [2.05, 4.69) is 16.0 Å². The first-order valence-corrected chi connectivity index (χ1v) is 8.66. The average Bonchev–Trinajstić information content (AvgIpc) is 3.11. The van der Waals surface area contributed by atoms with Crippen molar-refractivity contribution >= 4 is 16.9 Å². The average molecular weight is 328 g/mol. The fourth-order valence-corrected chi connectivity index (χ4v) is 3.82. The van der Waals surface area contributed by atoms with Crippen molar-refractivity contribution in [3.05, 3.63) is 30.1 Å². The maximum atomic E-state index is 12.0. The molecule has 2 fully saturated rings. The van der Waals surface area contributed by atoms with Crippen molar-refractivity contribution in [3.63, 3.8) is 0 Å². The zero-order chi connectivity index (χ0) is 16.5. The fraction of sp³-hybridized carbons (Fsp3) is 0.556. The van der Waals surface area contributed by atoms with E-state index in [4.69, 9.17) is 9.72 Å². The van der Waals surface area contributed by atoms with Gasteiger partial charge in [0.05, 0.1) is 17.6 Å². The Hall–Kier alpha value is -1.92. The van der Waals surface area contributed by atoms with Crippen molar-refractivity contribution in [1.82, 2.24) is 19.8 Å². The van der Waals surface area contributed by atoms with Gasteiger partial charge in [0, 0.05) is 52.2 Å². The Labute approximate surface area is 141 Å². The van der Waals surface area contributed by atoms with Gasteiger partial charge in [0.25, 0.3) is 0 Å². The first-order chi connectivity index (χ1) is 11.7. The van der Waals surface area contributed by atoms with Crippen LogP contribution in [-0.4, -0.2) is 72.1 Å². The zero-order valence-corrected chi connectivity index (χ0v) is 14.1. The summed E-state index contributed by atoms with van der Waals surface area (Å²) in [5.74, 6) is 2.30. The molecule has 1 amide bonds. The van der Waals surface area contributed by atoms with E-state index < -0.39 is 0 Å². The number of fused-ring (bicyclic) bond motifs is 1. The first kappa shape index (κ1) is 15.6. The minimum absolute atomic E-state index is 0.270. The molecule has 24 heavy (non-hydrogen) atoms. The fourth-order valence-electron chi connectivity index (χ4n) is 3.82. The minimum atomic E-state index is 0.270. The number of rotatable bonds is 6. The number of amides is 1. The standard InChI is InChI=1S/C18H24N4O2/c1-24-7-6-22-10-13(8-17(22)23)9-21-11-14(12-21)18-19-15-4-2-3-5-16(15)20-18/h2-5,13-14H,6-12H2,1H3,(H,19,20). The molecule has 0 spiro atoms. The van der Waals surface area contributed by atoms with E-state index in [1.54, 1.807) is 7.11 Å². The number of nitrogens with one attached hydrogen (secondary N) is 1. The minimum Gasteiger partial charge on any atom is -0.383 e. The van der Waals surface area contributed by atoms with Crippen LogP contribution < -0.4 is 0 Å². The maximum absolute atomic E-state index is 12.0. The van der Waals surface area contributed by atoms with E-state index in [0.29, 0.717) is 31.4 Å². The molecule has 1 atom stereocenters. The lowest BCUT2D eigenvalue weighted by Crippen LogP contribution is -2.47. The van der Waals surface area contributed by atoms with Gasteiger partial charge in [-0.3, -0.25) is 4.79 Å². The van der Waals surface area contributed by atoms with E-state index in [1.165, 1.54) is 0 Å². The normalized spacial score (nSPS) is 22.5. The zero-order valence-electron chi connectivity index (χ0n) is 14.1. The number of likely N-dealkylation sites (tertiary alicyclic amines) is 2. The van der Waals surface area contributed by atoms with Crippen LogP contribution in [-0.2, 0) is 9.53 Å². The summed E-state index contributed by atoms with van der Waals surface area (Å²) < 4.78 is 5.07. The van der Waals surface area contributed by atoms with Crippen LogP contribution in [0.15, 0.2) is 24.3 Å². The van der Waals surface area contributed by atoms with E-state index in [0.717, 1.165) is 43.0 Å². The first-order valence-electron chi connectivity index (χ1n) is 8.66. The van der Waals surface area contributed by atoms with E-state index in [-0.39, 0.29) is 5.91 Å². The summed E-state index contributed by atoms with van der Waals surface area (Å²) in [6.45, 7) is 5.27. The van der Waals surface area contributed by atoms with Crippen LogP contribution in [0.25, 0.3) is 11.0 Å². The molecule has 1 aromatic heterocycles. The van der Waals surface area contributed by atoms with Crippen molar-refractivity contribution in [1.29, 1.82) is 0 Å². The van der Waals surface area contributed by atoms with Gasteiger partial charge in [0.15, 0.2) is 0 Å². The van der Waals surface area contributed by atoms with Crippen LogP contribution in [0.3, 0.4) is 0 Å². The van der Waals surface area contributed by atoms with Gasteiger partial charge in [-0.2, -0.15) is 0 Å². The molecule has 0 bridgehead atoms. The second kappa shape index (κ2) is 6.53. The highest BCUT2D eigenvalue weighted by Gasteiger charge is 2.35. The molecule has 1 N–H and O–H groups in total. The van der Waals surface area contributed by atoms with Gasteiger partial charge < -0.3 is 19.5 Å². The van der Waals surface area contributed by atoms with Crippen LogP contribution in [0.5, 0.6) is 0 Å². The molecule has 2 saturated heterocycles. The number of aromatic nitrogens is 2. The molecular formula is C18H24N4O2. The number of hydrogen-bond donors (Lipinski definition) is 1. The number of imidazole rings is 1. The Morgan fingerprint density at radius 2 is 2.12 bits per heavy atom. The number of methoxy groups -OCH3 is 1. The summed E-state index contributed by atoms with van der Waals surface area (Å²) in [7, 11) is 1.68. The van der Waals surface area contributed by atoms with Crippen molar-refractivity contribution in [2.75, 3.05) is 46.4 Å². The van der Waals surface area contributed by atoms with Crippen molar-refractivity contribution < 1.29 is 9.53 Å². The van der Waals surface area contributed by atoms with Crippen molar-refractivity contribution in [2.24, 2.45) is 5.92 Å². The van der Waals surface area contributed by atoms with Crippen LogP contribution in [0.2, 0.25) is 0 Å². The van der Waals surface area contributed by atoms with Gasteiger partial charge >= 0.3 is 0 Å². The van der Waals surface area contributed by atoms with E-state index >= 15 is 0 Å². The second-order valence-electron chi connectivity index (χ2n) is 6.96. The third kappa shape index (κ3) is 3.03. The number of ether oxygens (including phenoxy) is 1. The van der Waals surface area contributed by atoms with Crippen LogP contribution in [0.4, 0.5) is 0 Å². The lowest BCUT2D eigenvalue weighted by molar-refractivity contribution is -0.128. The molecule has 1 aromatic carbocycles. The predicted molar refractivity (Wildman–Crippen MR) is 91.8 cm³/mol. The Balaban J connectivity index is 1.28. The third-order valence-electron chi connectivity index (χ3n) is 5.13. The molecule has 4 rings (SSSR count). The SMILES string of the molecule is COCCN1CC(CN2CC(c3nc4ccccc4[nH]3)C2)CC1=O. The number of H-pyrrole nitrogens is 1. The number of carbonyl (C=O) groups is 1. The van der Waals surface area contributed by atoms with Gasteiger partial charge in [0.2, 0.25) is 5.91 Å². The molecule has 128 valence electrons. The Morgan fingerprint density at radius 3 is 2.92 bits per heavy atom. The quantitative estimate of drug-likeness (QED) is 0.872. The topological polar surface area (TPSA) is 61.5 Å². The van der Waals surface area contributed by atoms with E-state index in [9.17, 15) is 4.79 Å². The van der Waals surface area contributed by atoms with Crippen molar-refractivity contribution in [3.8, 4) is 0 Å². The van der Waals surface area contributed by atoms with Gasteiger partial charge in [-0.25, -0.2) is 4.98 Å². The molecule has 0 saturated carbocycles.